The number of amides is 1. The Hall–Kier alpha value is -2.56. The Balaban J connectivity index is 2.13. The fraction of sp³-hybridized carbons (Fsp3) is 0.188. The van der Waals surface area contributed by atoms with Crippen molar-refractivity contribution in [3.8, 4) is 5.75 Å². The average molecular weight is 288 g/mol. The minimum Gasteiger partial charge on any atom is -0.497 e. The van der Waals surface area contributed by atoms with Crippen LogP contribution in [0.1, 0.15) is 15.9 Å². The Morgan fingerprint density at radius 1 is 1.29 bits per heavy atom. The molecule has 0 aliphatic rings. The van der Waals surface area contributed by atoms with Crippen molar-refractivity contribution >= 4 is 11.6 Å². The maximum absolute atomic E-state index is 13.1. The monoisotopic (exact) mass is 288 g/mol. The molecule has 2 rings (SSSR count). The molecule has 0 aliphatic carbocycles. The zero-order valence-corrected chi connectivity index (χ0v) is 12.0. The van der Waals surface area contributed by atoms with E-state index in [2.05, 4.69) is 0 Å². The van der Waals surface area contributed by atoms with Crippen molar-refractivity contribution in [2.45, 2.75) is 6.54 Å². The maximum Gasteiger partial charge on any atom is 0.253 e. The summed E-state index contributed by atoms with van der Waals surface area (Å²) in [6.45, 7) is 0.424. The number of hydrogen-bond donors (Lipinski definition) is 1. The number of rotatable bonds is 4. The zero-order valence-electron chi connectivity index (χ0n) is 12.0. The van der Waals surface area contributed by atoms with Crippen molar-refractivity contribution in [3.05, 3.63) is 59.4 Å². The summed E-state index contributed by atoms with van der Waals surface area (Å²) in [5.74, 6) is -0.00843. The Morgan fingerprint density at radius 2 is 2.05 bits per heavy atom. The van der Waals surface area contributed by atoms with Crippen LogP contribution in [0, 0.1) is 5.82 Å². The van der Waals surface area contributed by atoms with Crippen LogP contribution in [0.2, 0.25) is 0 Å². The lowest BCUT2D eigenvalue weighted by atomic mass is 10.1. The van der Waals surface area contributed by atoms with Gasteiger partial charge in [0.05, 0.1) is 12.8 Å². The highest BCUT2D eigenvalue weighted by molar-refractivity contribution is 5.94. The smallest absolute Gasteiger partial charge is 0.253 e. The van der Waals surface area contributed by atoms with Crippen molar-refractivity contribution < 1.29 is 13.9 Å². The minimum atomic E-state index is -0.526. The number of anilines is 1. The second kappa shape index (κ2) is 6.26. The van der Waals surface area contributed by atoms with Gasteiger partial charge in [-0.05, 0) is 35.9 Å². The van der Waals surface area contributed by atoms with Crippen LogP contribution in [0.3, 0.4) is 0 Å². The van der Waals surface area contributed by atoms with Gasteiger partial charge in [0.15, 0.2) is 0 Å². The van der Waals surface area contributed by atoms with E-state index in [1.807, 2.05) is 24.3 Å². The third-order valence-corrected chi connectivity index (χ3v) is 3.14. The molecule has 4 nitrogen and oxygen atoms in total. The van der Waals surface area contributed by atoms with E-state index in [1.165, 1.54) is 18.2 Å². The molecule has 0 unspecified atom stereocenters. The van der Waals surface area contributed by atoms with E-state index in [-0.39, 0.29) is 11.6 Å². The standard InChI is InChI=1S/C16H17FN2O2/c1-19(10-11-4-3-5-13(8-11)21-2)16(20)12-6-7-14(17)15(18)9-12/h3-9H,10,18H2,1-2H3. The second-order valence-corrected chi connectivity index (χ2v) is 4.75. The number of nitrogen functional groups attached to an aromatic ring is 1. The summed E-state index contributed by atoms with van der Waals surface area (Å²) in [5.41, 5.74) is 6.76. The molecule has 0 fully saturated rings. The summed E-state index contributed by atoms with van der Waals surface area (Å²) in [6.07, 6.45) is 0. The highest BCUT2D eigenvalue weighted by Crippen LogP contribution is 2.17. The molecule has 0 bridgehead atoms. The molecule has 2 aromatic carbocycles. The topological polar surface area (TPSA) is 55.6 Å². The van der Waals surface area contributed by atoms with E-state index in [9.17, 15) is 9.18 Å². The number of hydrogen-bond acceptors (Lipinski definition) is 3. The summed E-state index contributed by atoms with van der Waals surface area (Å²) in [7, 11) is 3.27. The molecule has 0 aliphatic heterocycles. The van der Waals surface area contributed by atoms with Gasteiger partial charge in [0.2, 0.25) is 0 Å². The van der Waals surface area contributed by atoms with E-state index >= 15 is 0 Å². The molecule has 0 spiro atoms. The second-order valence-electron chi connectivity index (χ2n) is 4.75. The Kier molecular flexibility index (Phi) is 4.42. The fourth-order valence-electron chi connectivity index (χ4n) is 2.01. The van der Waals surface area contributed by atoms with Crippen molar-refractivity contribution in [3.63, 3.8) is 0 Å². The number of carbonyl (C=O) groups excluding carboxylic acids is 1. The first-order valence-electron chi connectivity index (χ1n) is 6.44. The van der Waals surface area contributed by atoms with Gasteiger partial charge < -0.3 is 15.4 Å². The number of ether oxygens (including phenoxy) is 1. The molecule has 110 valence electrons. The Labute approximate surface area is 122 Å². The van der Waals surface area contributed by atoms with E-state index in [0.29, 0.717) is 12.1 Å². The molecule has 0 saturated heterocycles. The zero-order chi connectivity index (χ0) is 15.4. The van der Waals surface area contributed by atoms with Crippen LogP contribution >= 0.6 is 0 Å². The first-order chi connectivity index (χ1) is 10.0. The molecular weight excluding hydrogens is 271 g/mol. The summed E-state index contributed by atoms with van der Waals surface area (Å²) >= 11 is 0. The molecule has 0 heterocycles. The number of nitrogens with two attached hydrogens (primary N) is 1. The van der Waals surface area contributed by atoms with Crippen LogP contribution in [-0.4, -0.2) is 25.0 Å². The number of benzene rings is 2. The number of nitrogens with zero attached hydrogens (tertiary/aromatic N) is 1. The summed E-state index contributed by atoms with van der Waals surface area (Å²) in [5, 5.41) is 0. The lowest BCUT2D eigenvalue weighted by Crippen LogP contribution is -2.26. The van der Waals surface area contributed by atoms with Crippen LogP contribution in [-0.2, 0) is 6.54 Å². The van der Waals surface area contributed by atoms with Gasteiger partial charge in [-0.1, -0.05) is 12.1 Å². The van der Waals surface area contributed by atoms with Crippen molar-refractivity contribution in [2.24, 2.45) is 0 Å². The van der Waals surface area contributed by atoms with Gasteiger partial charge >= 0.3 is 0 Å². The lowest BCUT2D eigenvalue weighted by molar-refractivity contribution is 0.0785. The SMILES string of the molecule is COc1cccc(CN(C)C(=O)c2ccc(F)c(N)c2)c1. The van der Waals surface area contributed by atoms with E-state index in [4.69, 9.17) is 10.5 Å². The highest BCUT2D eigenvalue weighted by Gasteiger charge is 2.13. The van der Waals surface area contributed by atoms with Gasteiger partial charge in [-0.3, -0.25) is 4.79 Å². The van der Waals surface area contributed by atoms with Gasteiger partial charge in [-0.2, -0.15) is 0 Å². The highest BCUT2D eigenvalue weighted by atomic mass is 19.1. The van der Waals surface area contributed by atoms with Gasteiger partial charge in [0.1, 0.15) is 11.6 Å². The van der Waals surface area contributed by atoms with Crippen molar-refractivity contribution in [2.75, 3.05) is 19.9 Å². The number of methoxy groups -OCH3 is 1. The van der Waals surface area contributed by atoms with Gasteiger partial charge in [-0.15, -0.1) is 0 Å². The van der Waals surface area contributed by atoms with E-state index < -0.39 is 5.82 Å². The third-order valence-electron chi connectivity index (χ3n) is 3.14. The summed E-state index contributed by atoms with van der Waals surface area (Å²) in [4.78, 5) is 13.8. The quantitative estimate of drug-likeness (QED) is 0.880. The molecule has 2 aromatic rings. The van der Waals surface area contributed by atoms with E-state index in [0.717, 1.165) is 11.3 Å². The van der Waals surface area contributed by atoms with Crippen molar-refractivity contribution in [1.29, 1.82) is 0 Å². The van der Waals surface area contributed by atoms with E-state index in [1.54, 1.807) is 19.1 Å². The number of halogens is 1. The molecule has 0 atom stereocenters. The Morgan fingerprint density at radius 3 is 2.71 bits per heavy atom. The molecule has 2 N–H and O–H groups in total. The predicted molar refractivity (Wildman–Crippen MR) is 79.6 cm³/mol. The van der Waals surface area contributed by atoms with Crippen LogP contribution in [0.15, 0.2) is 42.5 Å². The molecule has 0 aromatic heterocycles. The lowest BCUT2D eigenvalue weighted by Gasteiger charge is -2.18. The predicted octanol–water partition coefficient (Wildman–Crippen LogP) is 2.69. The Bertz CT molecular complexity index is 658. The summed E-state index contributed by atoms with van der Waals surface area (Å²) < 4.78 is 18.3. The molecule has 0 saturated carbocycles. The fourth-order valence-corrected chi connectivity index (χ4v) is 2.01. The largest absolute Gasteiger partial charge is 0.497 e. The number of carbonyl (C=O) groups is 1. The van der Waals surface area contributed by atoms with Gasteiger partial charge in [-0.25, -0.2) is 4.39 Å². The van der Waals surface area contributed by atoms with Crippen LogP contribution in [0.4, 0.5) is 10.1 Å². The molecule has 1 amide bonds. The van der Waals surface area contributed by atoms with Crippen LogP contribution < -0.4 is 10.5 Å². The summed E-state index contributed by atoms with van der Waals surface area (Å²) in [6, 6.07) is 11.4. The normalized spacial score (nSPS) is 10.2. The minimum absolute atomic E-state index is 0.0318. The first-order valence-corrected chi connectivity index (χ1v) is 6.44. The molecule has 5 heteroatoms. The molecular formula is C16H17FN2O2. The average Bonchev–Trinajstić information content (AvgIpc) is 2.49. The van der Waals surface area contributed by atoms with Gasteiger partial charge in [0.25, 0.3) is 5.91 Å². The molecule has 0 radical (unpaired) electrons. The van der Waals surface area contributed by atoms with Crippen LogP contribution in [0.25, 0.3) is 0 Å². The first kappa shape index (κ1) is 14.8. The van der Waals surface area contributed by atoms with Crippen molar-refractivity contribution in [1.82, 2.24) is 4.90 Å². The third kappa shape index (κ3) is 3.51. The van der Waals surface area contributed by atoms with Gasteiger partial charge in [0, 0.05) is 19.2 Å². The molecule has 21 heavy (non-hydrogen) atoms. The maximum atomic E-state index is 13.1. The van der Waals surface area contributed by atoms with Crippen LogP contribution in [0.5, 0.6) is 5.75 Å².